The molecule has 1 fully saturated rings. The zero-order valence-corrected chi connectivity index (χ0v) is 16.2. The number of carbonyl (C=O) groups is 1. The van der Waals surface area contributed by atoms with Crippen LogP contribution < -0.4 is 10.2 Å². The van der Waals surface area contributed by atoms with Gasteiger partial charge in [0.15, 0.2) is 5.82 Å². The minimum Gasteiger partial charge on any atom is -0.378 e. The lowest BCUT2D eigenvalue weighted by Gasteiger charge is -2.29. The van der Waals surface area contributed by atoms with Gasteiger partial charge in [-0.25, -0.2) is 9.97 Å². The molecular formula is C22H20N6O2. The first-order valence-electron chi connectivity index (χ1n) is 9.77. The predicted octanol–water partition coefficient (Wildman–Crippen LogP) is 3.11. The van der Waals surface area contributed by atoms with Gasteiger partial charge >= 0.3 is 0 Å². The van der Waals surface area contributed by atoms with Crippen molar-refractivity contribution in [3.63, 3.8) is 0 Å². The molecule has 0 atom stereocenters. The summed E-state index contributed by atoms with van der Waals surface area (Å²) in [6.45, 7) is 3.21. The number of ether oxygens (including phenoxy) is 1. The molecule has 0 bridgehead atoms. The molecule has 30 heavy (non-hydrogen) atoms. The number of carbonyl (C=O) groups excluding carboxylic acids is 1. The highest BCUT2D eigenvalue weighted by Crippen LogP contribution is 2.27. The van der Waals surface area contributed by atoms with Crippen LogP contribution in [0.25, 0.3) is 22.4 Å². The van der Waals surface area contributed by atoms with Gasteiger partial charge < -0.3 is 19.9 Å². The van der Waals surface area contributed by atoms with Gasteiger partial charge in [0, 0.05) is 36.7 Å². The molecule has 1 saturated heterocycles. The van der Waals surface area contributed by atoms with Crippen LogP contribution in [0.3, 0.4) is 0 Å². The van der Waals surface area contributed by atoms with E-state index in [1.54, 1.807) is 12.3 Å². The van der Waals surface area contributed by atoms with Crippen molar-refractivity contribution in [2.75, 3.05) is 36.5 Å². The third-order valence-corrected chi connectivity index (χ3v) is 5.06. The number of aromatic amines is 1. The van der Waals surface area contributed by atoms with Gasteiger partial charge in [-0.2, -0.15) is 0 Å². The highest BCUT2D eigenvalue weighted by molar-refractivity contribution is 6.11. The van der Waals surface area contributed by atoms with Crippen LogP contribution in [0, 0.1) is 0 Å². The third-order valence-electron chi connectivity index (χ3n) is 5.06. The van der Waals surface area contributed by atoms with Gasteiger partial charge in [-0.1, -0.05) is 18.2 Å². The van der Waals surface area contributed by atoms with E-state index in [1.165, 1.54) is 12.4 Å². The van der Waals surface area contributed by atoms with E-state index in [1.807, 2.05) is 24.3 Å². The summed E-state index contributed by atoms with van der Waals surface area (Å²) in [5.74, 6) is 0.842. The second kappa shape index (κ2) is 7.92. The molecule has 0 unspecified atom stereocenters. The Morgan fingerprint density at radius 1 is 1.10 bits per heavy atom. The number of nitrogens with one attached hydrogen (secondary N) is 2. The number of morpholine rings is 1. The van der Waals surface area contributed by atoms with Crippen LogP contribution in [0.15, 0.2) is 61.1 Å². The number of H-pyrrole nitrogens is 1. The molecule has 0 spiro atoms. The Hall–Kier alpha value is -3.78. The Kier molecular flexibility index (Phi) is 4.82. The zero-order valence-electron chi connectivity index (χ0n) is 16.2. The second-order valence-electron chi connectivity index (χ2n) is 6.98. The van der Waals surface area contributed by atoms with Gasteiger partial charge in [-0.05, 0) is 24.3 Å². The summed E-state index contributed by atoms with van der Waals surface area (Å²) in [4.78, 5) is 31.2. The van der Waals surface area contributed by atoms with Crippen LogP contribution in [-0.4, -0.2) is 52.1 Å². The fraction of sp³-hybridized carbons (Fsp3) is 0.182. The molecule has 1 amide bonds. The number of anilines is 2. The first kappa shape index (κ1) is 18.3. The molecule has 0 aliphatic carbocycles. The van der Waals surface area contributed by atoms with E-state index in [-0.39, 0.29) is 5.91 Å². The minimum atomic E-state index is -0.277. The van der Waals surface area contributed by atoms with E-state index in [9.17, 15) is 4.79 Å². The smallest absolute Gasteiger partial charge is 0.259 e. The normalized spacial score (nSPS) is 14.1. The van der Waals surface area contributed by atoms with Crippen molar-refractivity contribution in [3.05, 3.63) is 66.6 Å². The van der Waals surface area contributed by atoms with Crippen LogP contribution >= 0.6 is 0 Å². The number of fused-ring (bicyclic) bond motifs is 1. The Morgan fingerprint density at radius 3 is 2.80 bits per heavy atom. The molecule has 4 aromatic rings. The topological polar surface area (TPSA) is 96.0 Å². The van der Waals surface area contributed by atoms with E-state index in [0.717, 1.165) is 48.9 Å². The highest BCUT2D eigenvalue weighted by atomic mass is 16.5. The maximum absolute atomic E-state index is 12.8. The van der Waals surface area contributed by atoms with Crippen molar-refractivity contribution in [1.29, 1.82) is 0 Å². The number of para-hydroxylation sites is 1. The predicted molar refractivity (Wildman–Crippen MR) is 115 cm³/mol. The van der Waals surface area contributed by atoms with Crippen LogP contribution in [0.5, 0.6) is 0 Å². The highest BCUT2D eigenvalue weighted by Gasteiger charge is 2.16. The van der Waals surface area contributed by atoms with Crippen LogP contribution in [-0.2, 0) is 4.74 Å². The molecule has 150 valence electrons. The first-order chi connectivity index (χ1) is 14.8. The zero-order chi connectivity index (χ0) is 20.3. The van der Waals surface area contributed by atoms with E-state index in [4.69, 9.17) is 9.72 Å². The van der Waals surface area contributed by atoms with Gasteiger partial charge in [0.1, 0.15) is 11.3 Å². The van der Waals surface area contributed by atoms with Crippen molar-refractivity contribution in [2.45, 2.75) is 0 Å². The molecule has 2 aromatic heterocycles. The number of aromatic nitrogens is 4. The lowest BCUT2D eigenvalue weighted by Crippen LogP contribution is -2.36. The van der Waals surface area contributed by atoms with E-state index in [0.29, 0.717) is 16.9 Å². The number of hydrogen-bond donors (Lipinski definition) is 2. The largest absolute Gasteiger partial charge is 0.378 e. The average Bonchev–Trinajstić information content (AvgIpc) is 3.25. The maximum Gasteiger partial charge on any atom is 0.259 e. The summed E-state index contributed by atoms with van der Waals surface area (Å²) in [6, 6.07) is 13.7. The SMILES string of the molecule is O=C(Nc1cnccn1)c1cccc2[nH]c(-c3cccc(N4CCOCC4)c3)nc12. The second-order valence-corrected chi connectivity index (χ2v) is 6.98. The number of rotatable bonds is 4. The lowest BCUT2D eigenvalue weighted by atomic mass is 10.1. The van der Waals surface area contributed by atoms with Crippen LogP contribution in [0.1, 0.15) is 10.4 Å². The van der Waals surface area contributed by atoms with Gasteiger partial charge in [-0.15, -0.1) is 0 Å². The van der Waals surface area contributed by atoms with Gasteiger partial charge in [0.25, 0.3) is 5.91 Å². The van der Waals surface area contributed by atoms with Gasteiger partial charge in [0.05, 0.1) is 30.5 Å². The Morgan fingerprint density at radius 2 is 1.97 bits per heavy atom. The molecule has 1 aliphatic heterocycles. The van der Waals surface area contributed by atoms with Crippen LogP contribution in [0.2, 0.25) is 0 Å². The van der Waals surface area contributed by atoms with Crippen LogP contribution in [0.4, 0.5) is 11.5 Å². The summed E-state index contributed by atoms with van der Waals surface area (Å²) in [6.07, 6.45) is 4.59. The molecule has 8 heteroatoms. The van der Waals surface area contributed by atoms with Crippen molar-refractivity contribution >= 4 is 28.4 Å². The first-order valence-corrected chi connectivity index (χ1v) is 9.77. The quantitative estimate of drug-likeness (QED) is 0.546. The third kappa shape index (κ3) is 3.60. The molecule has 5 rings (SSSR count). The summed E-state index contributed by atoms with van der Waals surface area (Å²) >= 11 is 0. The molecule has 2 N–H and O–H groups in total. The fourth-order valence-corrected chi connectivity index (χ4v) is 3.57. The minimum absolute atomic E-state index is 0.277. The van der Waals surface area contributed by atoms with Crippen molar-refractivity contribution in [3.8, 4) is 11.4 Å². The number of amides is 1. The Bertz CT molecular complexity index is 1180. The van der Waals surface area contributed by atoms with Crippen molar-refractivity contribution in [2.24, 2.45) is 0 Å². The molecule has 0 radical (unpaired) electrons. The molecule has 1 aliphatic rings. The maximum atomic E-state index is 12.8. The number of hydrogen-bond acceptors (Lipinski definition) is 6. The standard InChI is InChI=1S/C22H20N6O2/c29-22(26-19-14-23-7-8-24-19)17-5-2-6-18-20(17)27-21(25-18)15-3-1-4-16(13-15)28-9-11-30-12-10-28/h1-8,13-14H,9-12H2,(H,25,27)(H,24,26,29). The average molecular weight is 400 g/mol. The van der Waals surface area contributed by atoms with Gasteiger partial charge in [-0.3, -0.25) is 9.78 Å². The molecule has 0 saturated carbocycles. The van der Waals surface area contributed by atoms with E-state index in [2.05, 4.69) is 37.3 Å². The van der Waals surface area contributed by atoms with Gasteiger partial charge in [0.2, 0.25) is 0 Å². The number of imidazole rings is 1. The summed E-state index contributed by atoms with van der Waals surface area (Å²) in [5, 5.41) is 2.77. The summed E-state index contributed by atoms with van der Waals surface area (Å²) in [5.41, 5.74) is 4.00. The van der Waals surface area contributed by atoms with E-state index < -0.39 is 0 Å². The Balaban J connectivity index is 1.47. The van der Waals surface area contributed by atoms with E-state index >= 15 is 0 Å². The number of benzene rings is 2. The number of nitrogens with zero attached hydrogens (tertiary/aromatic N) is 4. The van der Waals surface area contributed by atoms with Crippen molar-refractivity contribution in [1.82, 2.24) is 19.9 Å². The fourth-order valence-electron chi connectivity index (χ4n) is 3.57. The molecule has 8 nitrogen and oxygen atoms in total. The molecular weight excluding hydrogens is 380 g/mol. The lowest BCUT2D eigenvalue weighted by molar-refractivity contribution is 0.102. The van der Waals surface area contributed by atoms with Crippen molar-refractivity contribution < 1.29 is 9.53 Å². The Labute approximate surface area is 172 Å². The molecule has 2 aromatic carbocycles. The molecule has 3 heterocycles. The summed E-state index contributed by atoms with van der Waals surface area (Å²) in [7, 11) is 0. The summed E-state index contributed by atoms with van der Waals surface area (Å²) < 4.78 is 5.45. The monoisotopic (exact) mass is 400 g/mol.